The number of anilines is 1. The van der Waals surface area contributed by atoms with Crippen molar-refractivity contribution >= 4 is 21.6 Å². The molecule has 6 nitrogen and oxygen atoms in total. The monoisotopic (exact) mass is 388 g/mol. The molecule has 0 unspecified atom stereocenters. The highest BCUT2D eigenvalue weighted by molar-refractivity contribution is 7.89. The Morgan fingerprint density at radius 1 is 1.11 bits per heavy atom. The lowest BCUT2D eigenvalue weighted by atomic mass is 10.1. The lowest BCUT2D eigenvalue weighted by Gasteiger charge is -2.17. The Labute approximate surface area is 160 Å². The van der Waals surface area contributed by atoms with Gasteiger partial charge in [-0.15, -0.1) is 0 Å². The normalized spacial score (nSPS) is 15.8. The fourth-order valence-corrected chi connectivity index (χ4v) is 4.35. The van der Waals surface area contributed by atoms with Crippen LogP contribution in [0, 0.1) is 0 Å². The molecule has 0 bridgehead atoms. The van der Waals surface area contributed by atoms with Gasteiger partial charge in [0.2, 0.25) is 15.9 Å². The van der Waals surface area contributed by atoms with E-state index in [1.807, 2.05) is 31.2 Å². The van der Waals surface area contributed by atoms with E-state index < -0.39 is 10.0 Å². The lowest BCUT2D eigenvalue weighted by molar-refractivity contribution is -0.117. The summed E-state index contributed by atoms with van der Waals surface area (Å²) in [5.74, 6) is 0.830. The summed E-state index contributed by atoms with van der Waals surface area (Å²) in [5.41, 5.74) is 1.58. The number of ether oxygens (including phenoxy) is 1. The van der Waals surface area contributed by atoms with Crippen molar-refractivity contribution in [1.29, 1.82) is 0 Å². The van der Waals surface area contributed by atoms with E-state index in [1.54, 1.807) is 24.0 Å². The first-order valence-electron chi connectivity index (χ1n) is 9.06. The van der Waals surface area contributed by atoms with Gasteiger partial charge in [0.05, 0.1) is 11.5 Å². The third-order valence-corrected chi connectivity index (χ3v) is 6.11. The maximum atomic E-state index is 12.7. The summed E-state index contributed by atoms with van der Waals surface area (Å²) in [4.78, 5) is 13.7. The summed E-state index contributed by atoms with van der Waals surface area (Å²) in [6, 6.07) is 13.4. The van der Waals surface area contributed by atoms with Gasteiger partial charge in [0.15, 0.2) is 0 Å². The number of hydrogen-bond acceptors (Lipinski definition) is 4. The van der Waals surface area contributed by atoms with Gasteiger partial charge in [0, 0.05) is 24.7 Å². The third-order valence-electron chi connectivity index (χ3n) is 4.56. The fraction of sp³-hybridized carbons (Fsp3) is 0.350. The molecule has 2 aromatic rings. The Hall–Kier alpha value is -2.38. The van der Waals surface area contributed by atoms with Crippen LogP contribution in [-0.4, -0.2) is 27.5 Å². The zero-order valence-corrected chi connectivity index (χ0v) is 16.3. The second-order valence-electron chi connectivity index (χ2n) is 6.49. The second-order valence-corrected chi connectivity index (χ2v) is 8.20. The first-order valence-corrected chi connectivity index (χ1v) is 10.5. The molecule has 27 heavy (non-hydrogen) atoms. The van der Waals surface area contributed by atoms with Crippen LogP contribution in [0.1, 0.15) is 38.3 Å². The molecule has 1 saturated heterocycles. The van der Waals surface area contributed by atoms with Crippen molar-refractivity contribution in [3.05, 3.63) is 54.1 Å². The SMILES string of the molecule is CCOc1ccc([C@H](C)NS(=O)(=O)c2ccc(N3CCCC3=O)cc2)cc1. The molecule has 1 aliphatic rings. The van der Waals surface area contributed by atoms with Crippen LogP contribution in [0.2, 0.25) is 0 Å². The number of carbonyl (C=O) groups is 1. The first-order chi connectivity index (χ1) is 12.9. The average Bonchev–Trinajstić information content (AvgIpc) is 3.08. The number of amides is 1. The van der Waals surface area contributed by atoms with E-state index in [9.17, 15) is 13.2 Å². The Bertz CT molecular complexity index is 893. The van der Waals surface area contributed by atoms with Crippen LogP contribution < -0.4 is 14.4 Å². The van der Waals surface area contributed by atoms with Crippen molar-refractivity contribution in [1.82, 2.24) is 4.72 Å². The molecule has 1 atom stereocenters. The molecular weight excluding hydrogens is 364 g/mol. The Morgan fingerprint density at radius 3 is 2.33 bits per heavy atom. The van der Waals surface area contributed by atoms with E-state index in [1.165, 1.54) is 12.1 Å². The van der Waals surface area contributed by atoms with Gasteiger partial charge < -0.3 is 9.64 Å². The van der Waals surface area contributed by atoms with Gasteiger partial charge in [0.1, 0.15) is 5.75 Å². The van der Waals surface area contributed by atoms with Crippen LogP contribution >= 0.6 is 0 Å². The standard InChI is InChI=1S/C20H24N2O4S/c1-3-26-18-10-6-16(7-11-18)15(2)21-27(24,25)19-12-8-17(9-13-19)22-14-4-5-20(22)23/h6-13,15,21H,3-5,14H2,1-2H3/t15-/m0/s1. The summed E-state index contributed by atoms with van der Waals surface area (Å²) in [7, 11) is -3.67. The quantitative estimate of drug-likeness (QED) is 0.790. The number of rotatable bonds is 7. The molecule has 0 radical (unpaired) electrons. The minimum Gasteiger partial charge on any atom is -0.494 e. The van der Waals surface area contributed by atoms with E-state index in [2.05, 4.69) is 4.72 Å². The second kappa shape index (κ2) is 8.10. The Balaban J connectivity index is 1.71. The molecule has 1 heterocycles. The van der Waals surface area contributed by atoms with Gasteiger partial charge in [-0.2, -0.15) is 0 Å². The molecule has 7 heteroatoms. The van der Waals surface area contributed by atoms with Crippen LogP contribution in [0.5, 0.6) is 5.75 Å². The molecule has 1 amide bonds. The van der Waals surface area contributed by atoms with Crippen molar-refractivity contribution in [2.24, 2.45) is 0 Å². The molecule has 2 aromatic carbocycles. The van der Waals surface area contributed by atoms with E-state index in [0.29, 0.717) is 19.6 Å². The summed E-state index contributed by atoms with van der Waals surface area (Å²) in [6.07, 6.45) is 1.38. The van der Waals surface area contributed by atoms with Crippen molar-refractivity contribution < 1.29 is 17.9 Å². The van der Waals surface area contributed by atoms with Crippen LogP contribution in [-0.2, 0) is 14.8 Å². The molecular formula is C20H24N2O4S. The lowest BCUT2D eigenvalue weighted by Crippen LogP contribution is -2.27. The van der Waals surface area contributed by atoms with Crippen molar-refractivity contribution in [3.8, 4) is 5.75 Å². The minimum absolute atomic E-state index is 0.0767. The number of nitrogens with one attached hydrogen (secondary N) is 1. The molecule has 0 spiro atoms. The van der Waals surface area contributed by atoms with Crippen molar-refractivity contribution in [3.63, 3.8) is 0 Å². The van der Waals surface area contributed by atoms with E-state index in [-0.39, 0.29) is 16.8 Å². The molecule has 0 aliphatic carbocycles. The topological polar surface area (TPSA) is 75.7 Å². The summed E-state index contributed by atoms with van der Waals surface area (Å²) < 4.78 is 33.4. The maximum Gasteiger partial charge on any atom is 0.241 e. The molecule has 0 aromatic heterocycles. The minimum atomic E-state index is -3.67. The van der Waals surface area contributed by atoms with Crippen LogP contribution in [0.3, 0.4) is 0 Å². The molecule has 3 rings (SSSR count). The molecule has 1 N–H and O–H groups in total. The summed E-state index contributed by atoms with van der Waals surface area (Å²) in [6.45, 7) is 4.97. The molecule has 144 valence electrons. The van der Waals surface area contributed by atoms with Crippen LogP contribution in [0.4, 0.5) is 5.69 Å². The van der Waals surface area contributed by atoms with Gasteiger partial charge >= 0.3 is 0 Å². The van der Waals surface area contributed by atoms with Gasteiger partial charge in [-0.05, 0) is 62.2 Å². The zero-order valence-electron chi connectivity index (χ0n) is 15.5. The Kier molecular flexibility index (Phi) is 5.82. The van der Waals surface area contributed by atoms with Crippen LogP contribution in [0.25, 0.3) is 0 Å². The maximum absolute atomic E-state index is 12.7. The van der Waals surface area contributed by atoms with Gasteiger partial charge in [-0.3, -0.25) is 4.79 Å². The average molecular weight is 388 g/mol. The number of sulfonamides is 1. The van der Waals surface area contributed by atoms with Crippen LogP contribution in [0.15, 0.2) is 53.4 Å². The number of carbonyl (C=O) groups excluding carboxylic acids is 1. The number of benzene rings is 2. The van der Waals surface area contributed by atoms with Gasteiger partial charge in [-0.1, -0.05) is 12.1 Å². The third kappa shape index (κ3) is 4.48. The number of hydrogen-bond donors (Lipinski definition) is 1. The van der Waals surface area contributed by atoms with Gasteiger partial charge in [-0.25, -0.2) is 13.1 Å². The smallest absolute Gasteiger partial charge is 0.241 e. The van der Waals surface area contributed by atoms with Crippen molar-refractivity contribution in [2.45, 2.75) is 37.6 Å². The fourth-order valence-electron chi connectivity index (χ4n) is 3.11. The summed E-state index contributed by atoms with van der Waals surface area (Å²) in [5, 5.41) is 0. The predicted octanol–water partition coefficient (Wildman–Crippen LogP) is 3.25. The highest BCUT2D eigenvalue weighted by atomic mass is 32.2. The Morgan fingerprint density at radius 2 is 1.78 bits per heavy atom. The largest absolute Gasteiger partial charge is 0.494 e. The van der Waals surface area contributed by atoms with Crippen molar-refractivity contribution in [2.75, 3.05) is 18.1 Å². The zero-order chi connectivity index (χ0) is 19.4. The summed E-state index contributed by atoms with van der Waals surface area (Å²) >= 11 is 0. The predicted molar refractivity (Wildman–Crippen MR) is 104 cm³/mol. The van der Waals surface area contributed by atoms with E-state index in [0.717, 1.165) is 23.4 Å². The molecule has 0 saturated carbocycles. The van der Waals surface area contributed by atoms with E-state index >= 15 is 0 Å². The van der Waals surface area contributed by atoms with E-state index in [4.69, 9.17) is 4.74 Å². The number of nitrogens with zero attached hydrogens (tertiary/aromatic N) is 1. The highest BCUT2D eigenvalue weighted by Crippen LogP contribution is 2.24. The molecule has 1 fully saturated rings. The van der Waals surface area contributed by atoms with Gasteiger partial charge in [0.25, 0.3) is 0 Å². The first kappa shape index (κ1) is 19.4. The molecule has 1 aliphatic heterocycles. The highest BCUT2D eigenvalue weighted by Gasteiger charge is 2.23.